The van der Waals surface area contributed by atoms with Crippen molar-refractivity contribution >= 4 is 11.8 Å². The molecule has 2 heterocycles. The molecule has 0 aliphatic carbocycles. The molecule has 0 bridgehead atoms. The fraction of sp³-hybridized carbons (Fsp3) is 0.529. The highest BCUT2D eigenvalue weighted by molar-refractivity contribution is 5.85. The second-order valence-corrected chi connectivity index (χ2v) is 6.28. The first kappa shape index (κ1) is 16.6. The molecule has 1 fully saturated rings. The summed E-state index contributed by atoms with van der Waals surface area (Å²) in [6, 6.07) is 7.21. The third-order valence-corrected chi connectivity index (χ3v) is 4.67. The first-order valence-corrected chi connectivity index (χ1v) is 8.09. The molecular weight excluding hydrogens is 312 g/mol. The van der Waals surface area contributed by atoms with Crippen molar-refractivity contribution in [1.82, 2.24) is 5.32 Å². The Labute approximate surface area is 140 Å². The Morgan fingerprint density at radius 3 is 2.46 bits per heavy atom. The van der Waals surface area contributed by atoms with Crippen LogP contribution in [0.2, 0.25) is 0 Å². The molecule has 2 aliphatic rings. The molecular formula is C17H22N2O5. The van der Waals surface area contributed by atoms with E-state index in [4.69, 9.17) is 19.9 Å². The summed E-state index contributed by atoms with van der Waals surface area (Å²) in [5.74, 6) is 0.424. The number of carbonyl (C=O) groups excluding carboxylic acids is 2. The molecule has 2 aliphatic heterocycles. The summed E-state index contributed by atoms with van der Waals surface area (Å²) >= 11 is 0. The van der Waals surface area contributed by atoms with Crippen molar-refractivity contribution in [3.05, 3.63) is 24.3 Å². The lowest BCUT2D eigenvalue weighted by Crippen LogP contribution is -2.54. The van der Waals surface area contributed by atoms with Crippen LogP contribution in [0.4, 0.5) is 0 Å². The smallest absolute Gasteiger partial charge is 0.265 e. The van der Waals surface area contributed by atoms with Gasteiger partial charge >= 0.3 is 0 Å². The average Bonchev–Trinajstić information content (AvgIpc) is 2.59. The topological polar surface area (TPSA) is 99.9 Å². The van der Waals surface area contributed by atoms with Gasteiger partial charge < -0.3 is 25.3 Å². The van der Waals surface area contributed by atoms with Crippen molar-refractivity contribution in [2.45, 2.75) is 32.0 Å². The van der Waals surface area contributed by atoms with Crippen LogP contribution in [0, 0.1) is 5.41 Å². The lowest BCUT2D eigenvalue weighted by atomic mass is 9.79. The number of para-hydroxylation sites is 2. The molecule has 0 aromatic heterocycles. The van der Waals surface area contributed by atoms with Crippen LogP contribution < -0.4 is 20.5 Å². The number of fused-ring (bicyclic) bond motifs is 1. The van der Waals surface area contributed by atoms with Crippen molar-refractivity contribution in [2.24, 2.45) is 11.1 Å². The zero-order valence-electron chi connectivity index (χ0n) is 13.6. The van der Waals surface area contributed by atoms with Crippen LogP contribution >= 0.6 is 0 Å². The van der Waals surface area contributed by atoms with Crippen molar-refractivity contribution in [3.8, 4) is 11.5 Å². The van der Waals surface area contributed by atoms with Crippen LogP contribution in [0.15, 0.2) is 24.3 Å². The summed E-state index contributed by atoms with van der Waals surface area (Å²) < 4.78 is 16.8. The molecule has 7 heteroatoms. The molecule has 130 valence electrons. The highest BCUT2D eigenvalue weighted by Gasteiger charge is 2.40. The monoisotopic (exact) mass is 334 g/mol. The van der Waals surface area contributed by atoms with Gasteiger partial charge in [-0.15, -0.1) is 0 Å². The number of ether oxygens (including phenoxy) is 3. The second-order valence-electron chi connectivity index (χ2n) is 6.28. The maximum absolute atomic E-state index is 12.5. The molecule has 0 saturated carbocycles. The lowest BCUT2D eigenvalue weighted by molar-refractivity contribution is -0.137. The van der Waals surface area contributed by atoms with Crippen LogP contribution in [0.25, 0.3) is 0 Å². The molecule has 3 N–H and O–H groups in total. The maximum Gasteiger partial charge on any atom is 0.265 e. The van der Waals surface area contributed by atoms with E-state index in [1.165, 1.54) is 0 Å². The quantitative estimate of drug-likeness (QED) is 0.840. The number of benzene rings is 1. The van der Waals surface area contributed by atoms with E-state index >= 15 is 0 Å². The van der Waals surface area contributed by atoms with Gasteiger partial charge in [0, 0.05) is 19.8 Å². The number of amides is 2. The molecule has 24 heavy (non-hydrogen) atoms. The van der Waals surface area contributed by atoms with Crippen LogP contribution in [0.3, 0.4) is 0 Å². The van der Waals surface area contributed by atoms with E-state index in [9.17, 15) is 9.59 Å². The Morgan fingerprint density at radius 2 is 1.83 bits per heavy atom. The SMILES string of the molecule is C[C@H]1Oc2ccccc2O[C@@H]1C(=O)NCC1(C(N)=O)CCOCC1. The zero-order valence-corrected chi connectivity index (χ0v) is 13.6. The Bertz CT molecular complexity index is 627. The fourth-order valence-corrected chi connectivity index (χ4v) is 3.04. The predicted molar refractivity (Wildman–Crippen MR) is 85.6 cm³/mol. The number of rotatable bonds is 4. The minimum atomic E-state index is -0.773. The highest BCUT2D eigenvalue weighted by Crippen LogP contribution is 2.34. The minimum Gasteiger partial charge on any atom is -0.482 e. The molecule has 0 spiro atoms. The van der Waals surface area contributed by atoms with Crippen molar-refractivity contribution in [1.29, 1.82) is 0 Å². The third kappa shape index (κ3) is 3.17. The van der Waals surface area contributed by atoms with Gasteiger partial charge in [-0.25, -0.2) is 0 Å². The number of carbonyl (C=O) groups is 2. The van der Waals surface area contributed by atoms with Gasteiger partial charge in [0.15, 0.2) is 11.5 Å². The van der Waals surface area contributed by atoms with E-state index in [2.05, 4.69) is 5.32 Å². The molecule has 0 unspecified atom stereocenters. The third-order valence-electron chi connectivity index (χ3n) is 4.67. The molecule has 2 amide bonds. The lowest BCUT2D eigenvalue weighted by Gasteiger charge is -2.35. The van der Waals surface area contributed by atoms with Gasteiger partial charge in [-0.3, -0.25) is 9.59 Å². The number of nitrogens with two attached hydrogens (primary N) is 1. The predicted octanol–water partition coefficient (Wildman–Crippen LogP) is 0.613. The van der Waals surface area contributed by atoms with E-state index in [0.29, 0.717) is 37.6 Å². The summed E-state index contributed by atoms with van der Waals surface area (Å²) in [4.78, 5) is 24.4. The van der Waals surface area contributed by atoms with Crippen molar-refractivity contribution in [3.63, 3.8) is 0 Å². The van der Waals surface area contributed by atoms with E-state index in [0.717, 1.165) is 0 Å². The van der Waals surface area contributed by atoms with E-state index < -0.39 is 23.5 Å². The van der Waals surface area contributed by atoms with E-state index in [-0.39, 0.29) is 12.5 Å². The van der Waals surface area contributed by atoms with Gasteiger partial charge in [-0.05, 0) is 31.9 Å². The zero-order chi connectivity index (χ0) is 17.2. The van der Waals surface area contributed by atoms with Gasteiger partial charge in [0.25, 0.3) is 5.91 Å². The van der Waals surface area contributed by atoms with Crippen molar-refractivity contribution in [2.75, 3.05) is 19.8 Å². The molecule has 2 atom stereocenters. The fourth-order valence-electron chi connectivity index (χ4n) is 3.04. The number of primary amides is 1. The molecule has 7 nitrogen and oxygen atoms in total. The summed E-state index contributed by atoms with van der Waals surface area (Å²) in [6.07, 6.45) is -0.199. The van der Waals surface area contributed by atoms with Gasteiger partial charge in [-0.2, -0.15) is 0 Å². The van der Waals surface area contributed by atoms with Crippen LogP contribution in [0.1, 0.15) is 19.8 Å². The van der Waals surface area contributed by atoms with Crippen molar-refractivity contribution < 1.29 is 23.8 Å². The Morgan fingerprint density at radius 1 is 1.21 bits per heavy atom. The normalized spacial score (nSPS) is 24.9. The molecule has 3 rings (SSSR count). The molecule has 1 aromatic carbocycles. The first-order chi connectivity index (χ1) is 11.5. The molecule has 0 radical (unpaired) electrons. The second kappa shape index (κ2) is 6.68. The largest absolute Gasteiger partial charge is 0.482 e. The Balaban J connectivity index is 1.65. The Hall–Kier alpha value is -2.28. The highest BCUT2D eigenvalue weighted by atomic mass is 16.6. The first-order valence-electron chi connectivity index (χ1n) is 8.09. The van der Waals surface area contributed by atoms with Gasteiger partial charge in [0.1, 0.15) is 6.10 Å². The van der Waals surface area contributed by atoms with Crippen LogP contribution in [-0.2, 0) is 14.3 Å². The van der Waals surface area contributed by atoms with E-state index in [1.54, 1.807) is 19.1 Å². The molecule has 1 saturated heterocycles. The van der Waals surface area contributed by atoms with Gasteiger partial charge in [0.2, 0.25) is 12.0 Å². The number of nitrogens with one attached hydrogen (secondary N) is 1. The standard InChI is InChI=1S/C17H22N2O5/c1-11-14(24-13-5-3-2-4-12(13)23-11)15(20)19-10-17(16(18)21)6-8-22-9-7-17/h2-5,11,14H,6-10H2,1H3,(H2,18,21)(H,19,20)/t11-,14+/m1/s1. The number of hydrogen-bond acceptors (Lipinski definition) is 5. The van der Waals surface area contributed by atoms with Gasteiger partial charge in [-0.1, -0.05) is 12.1 Å². The summed E-state index contributed by atoms with van der Waals surface area (Å²) in [7, 11) is 0. The maximum atomic E-state index is 12.5. The van der Waals surface area contributed by atoms with E-state index in [1.807, 2.05) is 12.1 Å². The van der Waals surface area contributed by atoms with Crippen LogP contribution in [0.5, 0.6) is 11.5 Å². The minimum absolute atomic E-state index is 0.179. The Kier molecular flexibility index (Phi) is 4.62. The summed E-state index contributed by atoms with van der Waals surface area (Å²) in [6.45, 7) is 2.88. The summed E-state index contributed by atoms with van der Waals surface area (Å²) in [5.41, 5.74) is 4.80. The molecule has 1 aromatic rings. The van der Waals surface area contributed by atoms with Gasteiger partial charge in [0.05, 0.1) is 5.41 Å². The number of hydrogen-bond donors (Lipinski definition) is 2. The average molecular weight is 334 g/mol. The summed E-state index contributed by atoms with van der Waals surface area (Å²) in [5, 5.41) is 2.81. The van der Waals surface area contributed by atoms with Crippen LogP contribution in [-0.4, -0.2) is 43.8 Å².